The summed E-state index contributed by atoms with van der Waals surface area (Å²) in [5.41, 5.74) is 5.69. The topological polar surface area (TPSA) is 53.0 Å². The Bertz CT molecular complexity index is 238. The van der Waals surface area contributed by atoms with Crippen molar-refractivity contribution < 1.29 is 0 Å². The molecule has 1 unspecified atom stereocenters. The molecule has 0 bridgehead atoms. The Balaban J connectivity index is 2.38. The maximum absolute atomic E-state index is 8.74. The molecule has 0 aromatic heterocycles. The van der Waals surface area contributed by atoms with Crippen LogP contribution in [0.25, 0.3) is 0 Å². The van der Waals surface area contributed by atoms with E-state index >= 15 is 0 Å². The third-order valence-corrected chi connectivity index (χ3v) is 3.73. The summed E-state index contributed by atoms with van der Waals surface area (Å²) in [4.78, 5) is 2.57. The molecule has 0 aromatic carbocycles. The van der Waals surface area contributed by atoms with Crippen molar-refractivity contribution in [3.05, 3.63) is 0 Å². The average molecular weight is 237 g/mol. The smallest absolute Gasteiger partial charge is 0.0940 e. The fourth-order valence-corrected chi connectivity index (χ4v) is 2.54. The van der Waals surface area contributed by atoms with E-state index in [0.717, 1.165) is 24.9 Å². The van der Waals surface area contributed by atoms with E-state index in [1.807, 2.05) is 0 Å². The van der Waals surface area contributed by atoms with Crippen LogP contribution in [0.5, 0.6) is 0 Å². The highest BCUT2D eigenvalue weighted by Crippen LogP contribution is 2.24. The SMILES string of the molecule is CC(C)CCN(CCC(N)C#N)C1CCCC1. The van der Waals surface area contributed by atoms with Crippen molar-refractivity contribution in [1.29, 1.82) is 5.26 Å². The Kier molecular flexibility index (Phi) is 6.54. The van der Waals surface area contributed by atoms with Gasteiger partial charge in [-0.1, -0.05) is 26.7 Å². The minimum Gasteiger partial charge on any atom is -0.316 e. The van der Waals surface area contributed by atoms with Gasteiger partial charge in [-0.2, -0.15) is 5.26 Å². The van der Waals surface area contributed by atoms with Crippen molar-refractivity contribution in [3.63, 3.8) is 0 Å². The van der Waals surface area contributed by atoms with E-state index in [4.69, 9.17) is 11.0 Å². The molecule has 0 aromatic rings. The Hall–Kier alpha value is -0.590. The molecular formula is C14H27N3. The van der Waals surface area contributed by atoms with Crippen molar-refractivity contribution in [2.45, 2.75) is 64.5 Å². The summed E-state index contributed by atoms with van der Waals surface area (Å²) in [7, 11) is 0. The highest BCUT2D eigenvalue weighted by molar-refractivity contribution is 4.88. The molecule has 0 heterocycles. The molecule has 3 nitrogen and oxygen atoms in total. The fraction of sp³-hybridized carbons (Fsp3) is 0.929. The molecule has 1 aliphatic rings. The number of rotatable bonds is 7. The number of nitriles is 1. The van der Waals surface area contributed by atoms with Crippen LogP contribution < -0.4 is 5.73 Å². The second-order valence-electron chi connectivity index (χ2n) is 5.68. The monoisotopic (exact) mass is 237 g/mol. The zero-order valence-electron chi connectivity index (χ0n) is 11.4. The van der Waals surface area contributed by atoms with Crippen molar-refractivity contribution >= 4 is 0 Å². The van der Waals surface area contributed by atoms with E-state index < -0.39 is 0 Å². The maximum atomic E-state index is 8.74. The lowest BCUT2D eigenvalue weighted by atomic mass is 10.1. The van der Waals surface area contributed by atoms with Crippen LogP contribution in [0.4, 0.5) is 0 Å². The van der Waals surface area contributed by atoms with E-state index in [0.29, 0.717) is 0 Å². The summed E-state index contributed by atoms with van der Waals surface area (Å²) in [6.45, 7) is 6.70. The summed E-state index contributed by atoms with van der Waals surface area (Å²) in [5.74, 6) is 0.753. The lowest BCUT2D eigenvalue weighted by Crippen LogP contribution is -2.37. The van der Waals surface area contributed by atoms with Crippen LogP contribution >= 0.6 is 0 Å². The number of nitrogens with two attached hydrogens (primary N) is 1. The van der Waals surface area contributed by atoms with Crippen molar-refractivity contribution in [3.8, 4) is 6.07 Å². The van der Waals surface area contributed by atoms with Gasteiger partial charge in [0.1, 0.15) is 0 Å². The molecule has 1 rings (SSSR count). The molecule has 17 heavy (non-hydrogen) atoms. The van der Waals surface area contributed by atoms with E-state index in [-0.39, 0.29) is 6.04 Å². The highest BCUT2D eigenvalue weighted by atomic mass is 15.2. The van der Waals surface area contributed by atoms with Crippen molar-refractivity contribution in [2.24, 2.45) is 11.7 Å². The molecule has 1 saturated carbocycles. The predicted octanol–water partition coefficient (Wildman–Crippen LogP) is 2.52. The molecule has 98 valence electrons. The Morgan fingerprint density at radius 1 is 1.24 bits per heavy atom. The first-order valence-corrected chi connectivity index (χ1v) is 7.02. The molecule has 1 fully saturated rings. The third kappa shape index (κ3) is 5.52. The molecule has 1 atom stereocenters. The van der Waals surface area contributed by atoms with Gasteiger partial charge in [-0.15, -0.1) is 0 Å². The standard InChI is InChI=1S/C14H27N3/c1-12(2)7-9-17(10-8-13(16)11-15)14-5-3-4-6-14/h12-14H,3-10,16H2,1-2H3. The minimum absolute atomic E-state index is 0.294. The van der Waals surface area contributed by atoms with Crippen LogP contribution in [-0.4, -0.2) is 30.1 Å². The second-order valence-corrected chi connectivity index (χ2v) is 5.68. The van der Waals surface area contributed by atoms with Crippen LogP contribution in [0.3, 0.4) is 0 Å². The van der Waals surface area contributed by atoms with Crippen LogP contribution in [-0.2, 0) is 0 Å². The number of hydrogen-bond acceptors (Lipinski definition) is 3. The van der Waals surface area contributed by atoms with Gasteiger partial charge < -0.3 is 10.6 Å². The van der Waals surface area contributed by atoms with Gasteiger partial charge in [0.2, 0.25) is 0 Å². The molecule has 0 spiro atoms. The van der Waals surface area contributed by atoms with Gasteiger partial charge in [0.25, 0.3) is 0 Å². The molecule has 1 aliphatic carbocycles. The number of nitrogens with zero attached hydrogens (tertiary/aromatic N) is 2. The molecule has 0 amide bonds. The quantitative estimate of drug-likeness (QED) is 0.740. The van der Waals surface area contributed by atoms with E-state index in [1.165, 1.54) is 38.6 Å². The predicted molar refractivity (Wildman–Crippen MR) is 71.5 cm³/mol. The molecular weight excluding hydrogens is 210 g/mol. The van der Waals surface area contributed by atoms with Gasteiger partial charge in [0, 0.05) is 12.6 Å². The highest BCUT2D eigenvalue weighted by Gasteiger charge is 2.22. The van der Waals surface area contributed by atoms with Crippen molar-refractivity contribution in [1.82, 2.24) is 4.90 Å². The van der Waals surface area contributed by atoms with Crippen molar-refractivity contribution in [2.75, 3.05) is 13.1 Å². The molecule has 2 N–H and O–H groups in total. The first-order valence-electron chi connectivity index (χ1n) is 7.02. The van der Waals surface area contributed by atoms with Crippen LogP contribution in [0, 0.1) is 17.2 Å². The second kappa shape index (κ2) is 7.68. The summed E-state index contributed by atoms with van der Waals surface area (Å²) in [5, 5.41) is 8.74. The average Bonchev–Trinajstić information content (AvgIpc) is 2.81. The first kappa shape index (κ1) is 14.5. The normalized spacial score (nSPS) is 18.8. The zero-order valence-corrected chi connectivity index (χ0v) is 11.4. The number of hydrogen-bond donors (Lipinski definition) is 1. The van der Waals surface area contributed by atoms with Crippen LogP contribution in [0.1, 0.15) is 52.4 Å². The van der Waals surface area contributed by atoms with Gasteiger partial charge in [-0.3, -0.25) is 0 Å². The Morgan fingerprint density at radius 3 is 2.35 bits per heavy atom. The maximum Gasteiger partial charge on any atom is 0.0940 e. The van der Waals surface area contributed by atoms with Gasteiger partial charge >= 0.3 is 0 Å². The van der Waals surface area contributed by atoms with Crippen LogP contribution in [0.2, 0.25) is 0 Å². The largest absolute Gasteiger partial charge is 0.316 e. The van der Waals surface area contributed by atoms with E-state index in [1.54, 1.807) is 0 Å². The van der Waals surface area contributed by atoms with Crippen LogP contribution in [0.15, 0.2) is 0 Å². The van der Waals surface area contributed by atoms with Gasteiger partial charge in [-0.25, -0.2) is 0 Å². The fourth-order valence-electron chi connectivity index (χ4n) is 2.54. The summed E-state index contributed by atoms with van der Waals surface area (Å²) in [6, 6.07) is 2.58. The summed E-state index contributed by atoms with van der Waals surface area (Å²) in [6.07, 6.45) is 7.46. The third-order valence-electron chi connectivity index (χ3n) is 3.73. The van der Waals surface area contributed by atoms with Gasteiger partial charge in [-0.05, 0) is 38.1 Å². The lowest BCUT2D eigenvalue weighted by Gasteiger charge is -2.29. The molecule has 0 saturated heterocycles. The van der Waals surface area contributed by atoms with E-state index in [9.17, 15) is 0 Å². The first-order chi connectivity index (χ1) is 8.13. The molecule has 3 heteroatoms. The lowest BCUT2D eigenvalue weighted by molar-refractivity contribution is 0.184. The zero-order chi connectivity index (χ0) is 12.7. The summed E-state index contributed by atoms with van der Waals surface area (Å²) < 4.78 is 0. The minimum atomic E-state index is -0.294. The Labute approximate surface area is 106 Å². The van der Waals surface area contributed by atoms with E-state index in [2.05, 4.69) is 24.8 Å². The molecule has 0 aliphatic heterocycles. The summed E-state index contributed by atoms with van der Waals surface area (Å²) >= 11 is 0. The van der Waals surface area contributed by atoms with Gasteiger partial charge in [0.15, 0.2) is 0 Å². The Morgan fingerprint density at radius 2 is 1.82 bits per heavy atom. The van der Waals surface area contributed by atoms with Gasteiger partial charge in [0.05, 0.1) is 12.1 Å². The molecule has 0 radical (unpaired) electrons.